The van der Waals surface area contributed by atoms with Crippen LogP contribution in [0.1, 0.15) is 65.9 Å². The lowest BCUT2D eigenvalue weighted by Gasteiger charge is -2.31. The number of halogens is 1. The van der Waals surface area contributed by atoms with E-state index in [1.165, 1.54) is 0 Å². The second kappa shape index (κ2) is 9.09. The maximum absolute atomic E-state index is 14.3. The first-order valence-electron chi connectivity index (χ1n) is 9.60. The van der Waals surface area contributed by atoms with Crippen LogP contribution in [0.15, 0.2) is 6.07 Å². The minimum Gasteiger partial charge on any atom is -0.474 e. The third-order valence-corrected chi connectivity index (χ3v) is 4.20. The number of hydrogen-bond donors (Lipinski definition) is 2. The standard InChI is InChI=1S/C20H29FN4O3/c1-12(2)27-18-13(11-22)10-16(21)17(25-18)23-14-6-8-15(9-7-14)24-19(26)28-20(3,4)5/h10,12,14-15H,6-9H2,1-5H3,(H,23,25)(H,24,26). The van der Waals surface area contributed by atoms with Gasteiger partial charge in [-0.3, -0.25) is 0 Å². The van der Waals surface area contributed by atoms with Gasteiger partial charge in [0, 0.05) is 18.2 Å². The monoisotopic (exact) mass is 392 g/mol. The van der Waals surface area contributed by atoms with Gasteiger partial charge in [-0.2, -0.15) is 10.2 Å². The van der Waals surface area contributed by atoms with Gasteiger partial charge in [-0.25, -0.2) is 9.18 Å². The van der Waals surface area contributed by atoms with Crippen LogP contribution in [0.2, 0.25) is 0 Å². The highest BCUT2D eigenvalue weighted by atomic mass is 19.1. The molecule has 0 bridgehead atoms. The molecule has 1 aliphatic rings. The van der Waals surface area contributed by atoms with E-state index in [0.29, 0.717) is 0 Å². The zero-order valence-corrected chi connectivity index (χ0v) is 17.1. The Bertz CT molecular complexity index is 732. The number of nitriles is 1. The summed E-state index contributed by atoms with van der Waals surface area (Å²) in [7, 11) is 0. The van der Waals surface area contributed by atoms with Crippen LogP contribution < -0.4 is 15.4 Å². The molecule has 1 fully saturated rings. The van der Waals surface area contributed by atoms with Crippen molar-refractivity contribution in [2.75, 3.05) is 5.32 Å². The Morgan fingerprint density at radius 2 is 1.89 bits per heavy atom. The molecule has 1 aliphatic carbocycles. The van der Waals surface area contributed by atoms with Gasteiger partial charge in [0.2, 0.25) is 5.88 Å². The quantitative estimate of drug-likeness (QED) is 0.782. The molecule has 1 heterocycles. The molecular weight excluding hydrogens is 363 g/mol. The van der Waals surface area contributed by atoms with E-state index in [2.05, 4.69) is 15.6 Å². The van der Waals surface area contributed by atoms with E-state index in [-0.39, 0.29) is 35.4 Å². The van der Waals surface area contributed by atoms with Crippen molar-refractivity contribution in [3.63, 3.8) is 0 Å². The molecule has 1 aromatic heterocycles. The lowest BCUT2D eigenvalue weighted by molar-refractivity contribution is 0.0492. The number of alkyl carbamates (subject to hydrolysis) is 1. The summed E-state index contributed by atoms with van der Waals surface area (Å²) >= 11 is 0. The number of pyridine rings is 1. The van der Waals surface area contributed by atoms with Crippen LogP contribution in [0.3, 0.4) is 0 Å². The fourth-order valence-electron chi connectivity index (χ4n) is 3.02. The molecule has 0 aromatic carbocycles. The molecule has 0 saturated heterocycles. The summed E-state index contributed by atoms with van der Waals surface area (Å²) in [5.41, 5.74) is -0.459. The fourth-order valence-corrected chi connectivity index (χ4v) is 3.02. The van der Waals surface area contributed by atoms with E-state index in [9.17, 15) is 9.18 Å². The SMILES string of the molecule is CC(C)Oc1nc(NC2CCC(NC(=O)OC(C)(C)C)CC2)c(F)cc1C#N. The van der Waals surface area contributed by atoms with E-state index < -0.39 is 17.5 Å². The van der Waals surface area contributed by atoms with Gasteiger partial charge in [-0.05, 0) is 60.3 Å². The zero-order valence-electron chi connectivity index (χ0n) is 17.1. The van der Waals surface area contributed by atoms with Gasteiger partial charge in [0.05, 0.1) is 6.10 Å². The van der Waals surface area contributed by atoms with E-state index in [1.54, 1.807) is 0 Å². The lowest BCUT2D eigenvalue weighted by Crippen LogP contribution is -2.42. The van der Waals surface area contributed by atoms with Crippen molar-refractivity contribution >= 4 is 11.9 Å². The predicted octanol–water partition coefficient (Wildman–Crippen LogP) is 4.13. The third-order valence-electron chi connectivity index (χ3n) is 4.20. The summed E-state index contributed by atoms with van der Waals surface area (Å²) < 4.78 is 25.1. The van der Waals surface area contributed by atoms with Crippen molar-refractivity contribution < 1.29 is 18.7 Å². The van der Waals surface area contributed by atoms with Crippen LogP contribution in [-0.2, 0) is 4.74 Å². The number of ether oxygens (including phenoxy) is 2. The largest absolute Gasteiger partial charge is 0.474 e. The predicted molar refractivity (Wildman–Crippen MR) is 104 cm³/mol. The number of hydrogen-bond acceptors (Lipinski definition) is 6. The molecular formula is C20H29FN4O3. The number of amides is 1. The average molecular weight is 392 g/mol. The summed E-state index contributed by atoms with van der Waals surface area (Å²) in [6.45, 7) is 9.11. The zero-order chi connectivity index (χ0) is 20.9. The van der Waals surface area contributed by atoms with Crippen LogP contribution in [0.4, 0.5) is 15.0 Å². The lowest BCUT2D eigenvalue weighted by atomic mass is 9.91. The molecule has 0 atom stereocenters. The van der Waals surface area contributed by atoms with Crippen LogP contribution in [0, 0.1) is 17.1 Å². The average Bonchev–Trinajstić information content (AvgIpc) is 2.57. The number of nitrogens with one attached hydrogen (secondary N) is 2. The molecule has 7 nitrogen and oxygen atoms in total. The third kappa shape index (κ3) is 6.55. The highest BCUT2D eigenvalue weighted by Crippen LogP contribution is 2.27. The van der Waals surface area contributed by atoms with Crippen molar-refractivity contribution in [3.05, 3.63) is 17.4 Å². The molecule has 1 aromatic rings. The van der Waals surface area contributed by atoms with Gasteiger partial charge in [0.1, 0.15) is 17.2 Å². The number of rotatable bonds is 5. The first kappa shape index (κ1) is 21.7. The number of nitrogens with zero attached hydrogens (tertiary/aromatic N) is 2. The maximum Gasteiger partial charge on any atom is 0.407 e. The molecule has 1 amide bonds. The Morgan fingerprint density at radius 3 is 2.43 bits per heavy atom. The van der Waals surface area contributed by atoms with Gasteiger partial charge in [-0.1, -0.05) is 0 Å². The summed E-state index contributed by atoms with van der Waals surface area (Å²) in [4.78, 5) is 16.0. The van der Waals surface area contributed by atoms with Gasteiger partial charge in [-0.15, -0.1) is 0 Å². The fraction of sp³-hybridized carbons (Fsp3) is 0.650. The van der Waals surface area contributed by atoms with Gasteiger partial charge >= 0.3 is 6.09 Å². The van der Waals surface area contributed by atoms with Crippen LogP contribution >= 0.6 is 0 Å². The number of carbonyl (C=O) groups excluding carboxylic acids is 1. The maximum atomic E-state index is 14.3. The molecule has 2 N–H and O–H groups in total. The minimum absolute atomic E-state index is 0.0264. The molecule has 0 aliphatic heterocycles. The normalized spacial score (nSPS) is 19.6. The Morgan fingerprint density at radius 1 is 1.29 bits per heavy atom. The Labute approximate surface area is 165 Å². The van der Waals surface area contributed by atoms with Gasteiger partial charge < -0.3 is 20.1 Å². The van der Waals surface area contributed by atoms with E-state index in [1.807, 2.05) is 40.7 Å². The van der Waals surface area contributed by atoms with Crippen molar-refractivity contribution in [1.82, 2.24) is 10.3 Å². The summed E-state index contributed by atoms with van der Waals surface area (Å²) in [5, 5.41) is 15.1. The van der Waals surface area contributed by atoms with Gasteiger partial charge in [0.15, 0.2) is 11.6 Å². The summed E-state index contributed by atoms with van der Waals surface area (Å²) in [6, 6.07) is 3.11. The van der Waals surface area contributed by atoms with Crippen molar-refractivity contribution in [1.29, 1.82) is 5.26 Å². The minimum atomic E-state index is -0.582. The van der Waals surface area contributed by atoms with E-state index >= 15 is 0 Å². The van der Waals surface area contributed by atoms with E-state index in [0.717, 1.165) is 31.7 Å². The van der Waals surface area contributed by atoms with Crippen molar-refractivity contribution in [2.24, 2.45) is 0 Å². The van der Waals surface area contributed by atoms with Gasteiger partial charge in [0.25, 0.3) is 0 Å². The summed E-state index contributed by atoms with van der Waals surface area (Å²) in [5.74, 6) is -0.374. The molecule has 154 valence electrons. The first-order chi connectivity index (χ1) is 13.1. The molecule has 1 saturated carbocycles. The molecule has 0 radical (unpaired) electrons. The van der Waals surface area contributed by atoms with Crippen LogP contribution in [0.5, 0.6) is 5.88 Å². The highest BCUT2D eigenvalue weighted by Gasteiger charge is 2.26. The Balaban J connectivity index is 1.94. The van der Waals surface area contributed by atoms with E-state index in [4.69, 9.17) is 14.7 Å². The Kier molecular flexibility index (Phi) is 7.05. The van der Waals surface area contributed by atoms with Crippen LogP contribution in [-0.4, -0.2) is 34.9 Å². The molecule has 28 heavy (non-hydrogen) atoms. The highest BCUT2D eigenvalue weighted by molar-refractivity contribution is 5.68. The first-order valence-corrected chi connectivity index (χ1v) is 9.60. The van der Waals surface area contributed by atoms with Crippen molar-refractivity contribution in [3.8, 4) is 11.9 Å². The summed E-state index contributed by atoms with van der Waals surface area (Å²) in [6.07, 6.45) is 2.42. The van der Waals surface area contributed by atoms with Crippen LogP contribution in [0.25, 0.3) is 0 Å². The van der Waals surface area contributed by atoms with Crippen molar-refractivity contribution in [2.45, 2.75) is 84.1 Å². The number of anilines is 1. The smallest absolute Gasteiger partial charge is 0.407 e. The molecule has 2 rings (SSSR count). The number of carbonyl (C=O) groups is 1. The Hall–Kier alpha value is -2.56. The topological polar surface area (TPSA) is 96.3 Å². The molecule has 8 heteroatoms. The molecule has 0 spiro atoms. The second-order valence-electron chi connectivity index (χ2n) is 8.29. The molecule has 0 unspecified atom stereocenters. The number of aromatic nitrogens is 1. The second-order valence-corrected chi connectivity index (χ2v) is 8.29.